The lowest BCUT2D eigenvalue weighted by Gasteiger charge is -2.14. The molecule has 3 heterocycles. The minimum Gasteiger partial charge on any atom is -0.254 e. The molecule has 0 amide bonds. The largest absolute Gasteiger partial charge is 0.254 e. The first-order valence-corrected chi connectivity index (χ1v) is 17.8. The lowest BCUT2D eigenvalue weighted by Crippen LogP contribution is -1.97. The molecule has 10 rings (SSSR count). The Morgan fingerprint density at radius 1 is 0.389 bits per heavy atom. The topological polar surface area (TPSA) is 75.3 Å². The van der Waals surface area contributed by atoms with Gasteiger partial charge in [-0.25, -0.2) is 15.0 Å². The zero-order valence-corrected chi connectivity index (χ0v) is 29.0. The summed E-state index contributed by atoms with van der Waals surface area (Å²) in [5.41, 5.74) is 11.3. The maximum Gasteiger partial charge on any atom is 0.160 e. The maximum atomic E-state index is 9.34. The average molecular weight is 688 g/mol. The molecule has 0 saturated heterocycles. The van der Waals surface area contributed by atoms with E-state index in [9.17, 15) is 5.26 Å². The Kier molecular flexibility index (Phi) is 7.45. The summed E-state index contributed by atoms with van der Waals surface area (Å²) in [5, 5.41) is 15.9. The van der Waals surface area contributed by atoms with Crippen LogP contribution in [0.3, 0.4) is 0 Å². The average Bonchev–Trinajstić information content (AvgIpc) is 3.25. The third kappa shape index (κ3) is 5.51. The number of hydrogen-bond acceptors (Lipinski definition) is 5. The Labute approximate surface area is 311 Å². The van der Waals surface area contributed by atoms with Crippen molar-refractivity contribution in [1.29, 1.82) is 5.26 Å². The normalized spacial score (nSPS) is 11.3. The molecule has 0 atom stereocenters. The highest BCUT2D eigenvalue weighted by Crippen LogP contribution is 2.38. The van der Waals surface area contributed by atoms with Crippen molar-refractivity contribution in [3.05, 3.63) is 182 Å². The molecule has 0 N–H and O–H groups in total. The van der Waals surface area contributed by atoms with Gasteiger partial charge in [-0.2, -0.15) is 5.26 Å². The van der Waals surface area contributed by atoms with Crippen molar-refractivity contribution in [2.75, 3.05) is 0 Å². The van der Waals surface area contributed by atoms with Gasteiger partial charge in [0.05, 0.1) is 39.7 Å². The molecule has 0 radical (unpaired) electrons. The first-order valence-electron chi connectivity index (χ1n) is 17.8. The van der Waals surface area contributed by atoms with Crippen LogP contribution >= 0.6 is 0 Å². The third-order valence-electron chi connectivity index (χ3n) is 10.1. The molecule has 7 aromatic carbocycles. The van der Waals surface area contributed by atoms with Gasteiger partial charge in [0.15, 0.2) is 5.82 Å². The summed E-state index contributed by atoms with van der Waals surface area (Å²) in [7, 11) is 0. The fourth-order valence-electron chi connectivity index (χ4n) is 7.40. The van der Waals surface area contributed by atoms with Crippen LogP contribution in [0.15, 0.2) is 176 Å². The van der Waals surface area contributed by atoms with Crippen LogP contribution in [0.4, 0.5) is 0 Å². The second-order valence-electron chi connectivity index (χ2n) is 13.4. The van der Waals surface area contributed by atoms with Crippen molar-refractivity contribution in [3.63, 3.8) is 0 Å². The Balaban J connectivity index is 1.08. The summed E-state index contributed by atoms with van der Waals surface area (Å²) in [6.45, 7) is 0. The SMILES string of the molecule is N#Cc1ccc(-c2ccc(-c3cc(-c4ccc5cc(-c6ccc7ccc8cccnc8c7n6)ccc5c4)nc(-c4ccccc4)n3)c3ccccc23)cc1. The zero-order valence-electron chi connectivity index (χ0n) is 29.0. The highest BCUT2D eigenvalue weighted by atomic mass is 14.9. The fraction of sp³-hybridized carbons (Fsp3) is 0. The molecular weight excluding hydrogens is 659 g/mol. The van der Waals surface area contributed by atoms with Crippen LogP contribution in [0.2, 0.25) is 0 Å². The molecule has 0 aliphatic heterocycles. The molecule has 0 unspecified atom stereocenters. The molecule has 0 fully saturated rings. The lowest BCUT2D eigenvalue weighted by molar-refractivity contribution is 1.19. The molecule has 5 nitrogen and oxygen atoms in total. The highest BCUT2D eigenvalue weighted by molar-refractivity contribution is 6.05. The monoisotopic (exact) mass is 687 g/mol. The number of benzene rings is 7. The van der Waals surface area contributed by atoms with E-state index < -0.39 is 0 Å². The van der Waals surface area contributed by atoms with E-state index in [-0.39, 0.29) is 0 Å². The molecule has 54 heavy (non-hydrogen) atoms. The minimum absolute atomic E-state index is 0.643. The van der Waals surface area contributed by atoms with Crippen LogP contribution < -0.4 is 0 Å². The second kappa shape index (κ2) is 12.9. The summed E-state index contributed by atoms with van der Waals surface area (Å²) in [5.74, 6) is 0.670. The first kappa shape index (κ1) is 31.2. The summed E-state index contributed by atoms with van der Waals surface area (Å²) in [4.78, 5) is 20.0. The van der Waals surface area contributed by atoms with Gasteiger partial charge in [0.2, 0.25) is 0 Å². The maximum absolute atomic E-state index is 9.34. The molecule has 0 aliphatic rings. The Bertz CT molecular complexity index is 3110. The van der Waals surface area contributed by atoms with Crippen molar-refractivity contribution in [3.8, 4) is 62.4 Å². The number of nitrogens with zero attached hydrogens (tertiary/aromatic N) is 5. The number of pyridine rings is 2. The molecule has 0 spiro atoms. The van der Waals surface area contributed by atoms with Gasteiger partial charge >= 0.3 is 0 Å². The van der Waals surface area contributed by atoms with Gasteiger partial charge in [0.25, 0.3) is 0 Å². The van der Waals surface area contributed by atoms with Crippen molar-refractivity contribution in [2.24, 2.45) is 0 Å². The summed E-state index contributed by atoms with van der Waals surface area (Å²) in [6.07, 6.45) is 1.82. The number of fused-ring (bicyclic) bond motifs is 5. The summed E-state index contributed by atoms with van der Waals surface area (Å²) in [6, 6.07) is 60.4. The van der Waals surface area contributed by atoms with E-state index in [2.05, 4.69) is 132 Å². The molecule has 0 saturated carbocycles. The van der Waals surface area contributed by atoms with Crippen LogP contribution in [0.1, 0.15) is 5.56 Å². The van der Waals surface area contributed by atoms with Crippen LogP contribution in [-0.2, 0) is 0 Å². The Morgan fingerprint density at radius 2 is 1.00 bits per heavy atom. The van der Waals surface area contributed by atoms with Gasteiger partial charge in [-0.1, -0.05) is 127 Å². The van der Waals surface area contributed by atoms with Crippen LogP contribution in [0, 0.1) is 11.3 Å². The van der Waals surface area contributed by atoms with Crippen molar-refractivity contribution in [2.45, 2.75) is 0 Å². The van der Waals surface area contributed by atoms with Crippen LogP contribution in [0.25, 0.3) is 99.6 Å². The van der Waals surface area contributed by atoms with E-state index in [4.69, 9.17) is 15.0 Å². The highest BCUT2D eigenvalue weighted by Gasteiger charge is 2.16. The van der Waals surface area contributed by atoms with Gasteiger partial charge < -0.3 is 0 Å². The van der Waals surface area contributed by atoms with E-state index in [0.717, 1.165) is 93.8 Å². The van der Waals surface area contributed by atoms with E-state index in [1.54, 1.807) is 0 Å². The number of hydrogen-bond donors (Lipinski definition) is 0. The molecule has 250 valence electrons. The molecular formula is C49H29N5. The van der Waals surface area contributed by atoms with Gasteiger partial charge in [-0.05, 0) is 75.1 Å². The van der Waals surface area contributed by atoms with E-state index in [1.165, 1.54) is 0 Å². The first-order chi connectivity index (χ1) is 26.7. The summed E-state index contributed by atoms with van der Waals surface area (Å²) >= 11 is 0. The lowest BCUT2D eigenvalue weighted by atomic mass is 9.93. The summed E-state index contributed by atoms with van der Waals surface area (Å²) < 4.78 is 0. The molecule has 0 aliphatic carbocycles. The smallest absolute Gasteiger partial charge is 0.160 e. The number of rotatable bonds is 5. The van der Waals surface area contributed by atoms with Gasteiger partial charge in [0, 0.05) is 39.2 Å². The molecule has 3 aromatic heterocycles. The van der Waals surface area contributed by atoms with E-state index in [1.807, 2.05) is 54.7 Å². The van der Waals surface area contributed by atoms with Crippen molar-refractivity contribution < 1.29 is 0 Å². The van der Waals surface area contributed by atoms with Gasteiger partial charge in [-0.3, -0.25) is 4.98 Å². The minimum atomic E-state index is 0.643. The predicted molar refractivity (Wildman–Crippen MR) is 220 cm³/mol. The van der Waals surface area contributed by atoms with Crippen molar-refractivity contribution in [1.82, 2.24) is 19.9 Å². The fourth-order valence-corrected chi connectivity index (χ4v) is 7.40. The van der Waals surface area contributed by atoms with E-state index in [0.29, 0.717) is 11.4 Å². The van der Waals surface area contributed by atoms with Crippen LogP contribution in [0.5, 0.6) is 0 Å². The molecule has 0 bridgehead atoms. The van der Waals surface area contributed by atoms with E-state index >= 15 is 0 Å². The number of aromatic nitrogens is 4. The second-order valence-corrected chi connectivity index (χ2v) is 13.4. The quantitative estimate of drug-likeness (QED) is 0.168. The number of nitriles is 1. The van der Waals surface area contributed by atoms with Crippen LogP contribution in [-0.4, -0.2) is 19.9 Å². The van der Waals surface area contributed by atoms with Gasteiger partial charge in [-0.15, -0.1) is 0 Å². The Hall–Kier alpha value is -7.55. The molecule has 5 heteroatoms. The standard InChI is InChI=1S/C49H29N5/c50-30-31-12-14-32(15-13-31)40-23-24-43(42-11-5-4-10-41(40)42)46-29-45(53-49(54-46)35-7-2-1-3-8-35)39-21-19-36-27-38(20-18-37(36)28-39)44-25-22-34-17-16-33-9-6-26-51-47(33)48(34)52-44/h1-29H. The van der Waals surface area contributed by atoms with Crippen molar-refractivity contribution >= 4 is 43.4 Å². The Morgan fingerprint density at radius 3 is 1.76 bits per heavy atom. The molecule has 10 aromatic rings. The predicted octanol–water partition coefficient (Wildman–Crippen LogP) is 12.1. The zero-order chi connectivity index (χ0) is 36.0. The third-order valence-corrected chi connectivity index (χ3v) is 10.1. The van der Waals surface area contributed by atoms with Gasteiger partial charge in [0.1, 0.15) is 0 Å².